The number of hydrogen-bond donors (Lipinski definition) is 0. The first-order valence-electron chi connectivity index (χ1n) is 19.3. The predicted octanol–water partition coefficient (Wildman–Crippen LogP) is 14.4. The molecule has 0 fully saturated rings. The molecule has 0 bridgehead atoms. The summed E-state index contributed by atoms with van der Waals surface area (Å²) in [5, 5.41) is 12.9. The van der Waals surface area contributed by atoms with Crippen LogP contribution < -0.4 is 0 Å². The number of nitrogens with zero attached hydrogens (tertiary/aromatic N) is 1. The Balaban J connectivity index is 0.989. The Morgan fingerprint density at radius 2 is 0.982 bits per heavy atom. The van der Waals surface area contributed by atoms with E-state index in [1.54, 1.807) is 0 Å². The summed E-state index contributed by atoms with van der Waals surface area (Å²) >= 11 is 0. The van der Waals surface area contributed by atoms with Crippen molar-refractivity contribution in [3.63, 3.8) is 0 Å². The lowest BCUT2D eigenvalue weighted by atomic mass is 9.75. The predicted molar refractivity (Wildman–Crippen MR) is 234 cm³/mol. The third-order valence-electron chi connectivity index (χ3n) is 12.3. The first kappa shape index (κ1) is 30.5. The quantitative estimate of drug-likeness (QED) is 0.162. The van der Waals surface area contributed by atoms with Gasteiger partial charge in [-0.25, -0.2) is 0 Å². The van der Waals surface area contributed by atoms with Crippen molar-refractivity contribution >= 4 is 64.9 Å². The number of rotatable bonds is 3. The van der Waals surface area contributed by atoms with Crippen molar-refractivity contribution in [3.05, 3.63) is 211 Å². The summed E-state index contributed by atoms with van der Waals surface area (Å²) in [6.07, 6.45) is 0.994. The highest BCUT2D eigenvalue weighted by Crippen LogP contribution is 2.45. The molecular formula is C54H35N. The smallest absolute Gasteiger partial charge is 0.0541 e. The van der Waals surface area contributed by atoms with E-state index in [1.165, 1.54) is 110 Å². The van der Waals surface area contributed by atoms with Crippen LogP contribution in [0.15, 0.2) is 194 Å². The molecule has 1 atom stereocenters. The van der Waals surface area contributed by atoms with Crippen LogP contribution in [0, 0.1) is 0 Å². The zero-order valence-electron chi connectivity index (χ0n) is 30.2. The molecule has 12 rings (SSSR count). The lowest BCUT2D eigenvalue weighted by molar-refractivity contribution is 0.795. The summed E-state index contributed by atoms with van der Waals surface area (Å²) in [5.41, 5.74) is 13.0. The van der Waals surface area contributed by atoms with E-state index in [0.29, 0.717) is 5.92 Å². The molecule has 0 spiro atoms. The monoisotopic (exact) mass is 697 g/mol. The van der Waals surface area contributed by atoms with Gasteiger partial charge in [0.25, 0.3) is 0 Å². The molecule has 55 heavy (non-hydrogen) atoms. The molecule has 10 aromatic carbocycles. The molecule has 1 aliphatic rings. The highest BCUT2D eigenvalue weighted by atomic mass is 15.0. The van der Waals surface area contributed by atoms with E-state index in [4.69, 9.17) is 0 Å². The summed E-state index contributed by atoms with van der Waals surface area (Å²) in [7, 11) is 0. The van der Waals surface area contributed by atoms with Crippen LogP contribution in [0.1, 0.15) is 22.6 Å². The fraction of sp³-hybridized carbons (Fsp3) is 0.0370. The molecule has 1 heterocycles. The van der Waals surface area contributed by atoms with E-state index in [2.05, 4.69) is 199 Å². The number of fused-ring (bicyclic) bond motifs is 13. The van der Waals surface area contributed by atoms with Gasteiger partial charge >= 0.3 is 0 Å². The number of benzene rings is 10. The van der Waals surface area contributed by atoms with Crippen LogP contribution in [-0.2, 0) is 6.42 Å². The highest BCUT2D eigenvalue weighted by Gasteiger charge is 2.26. The zero-order valence-corrected chi connectivity index (χ0v) is 30.2. The summed E-state index contributed by atoms with van der Waals surface area (Å²) in [6.45, 7) is 0. The van der Waals surface area contributed by atoms with Crippen LogP contribution in [0.2, 0.25) is 0 Å². The fourth-order valence-corrected chi connectivity index (χ4v) is 9.75. The molecule has 256 valence electrons. The van der Waals surface area contributed by atoms with Gasteiger partial charge in [-0.05, 0) is 125 Å². The first-order chi connectivity index (χ1) is 27.3. The normalized spacial score (nSPS) is 13.9. The Morgan fingerprint density at radius 1 is 0.364 bits per heavy atom. The van der Waals surface area contributed by atoms with Gasteiger partial charge in [-0.3, -0.25) is 0 Å². The molecule has 11 aromatic rings. The van der Waals surface area contributed by atoms with Crippen LogP contribution in [-0.4, -0.2) is 4.57 Å². The third kappa shape index (κ3) is 4.60. The minimum atomic E-state index is 0.327. The fourth-order valence-electron chi connectivity index (χ4n) is 9.75. The summed E-state index contributed by atoms with van der Waals surface area (Å²) in [5.74, 6) is 0.327. The summed E-state index contributed by atoms with van der Waals surface area (Å²) in [4.78, 5) is 0. The third-order valence-corrected chi connectivity index (χ3v) is 12.3. The van der Waals surface area contributed by atoms with Gasteiger partial charge in [0.1, 0.15) is 0 Å². The van der Waals surface area contributed by atoms with Crippen LogP contribution in [0.4, 0.5) is 0 Å². The maximum absolute atomic E-state index is 2.45. The molecule has 1 heteroatoms. The Bertz CT molecular complexity index is 3330. The maximum atomic E-state index is 2.45. The second kappa shape index (κ2) is 11.8. The van der Waals surface area contributed by atoms with Gasteiger partial charge in [-0.15, -0.1) is 0 Å². The van der Waals surface area contributed by atoms with Gasteiger partial charge in [0, 0.05) is 22.4 Å². The van der Waals surface area contributed by atoms with Crippen molar-refractivity contribution < 1.29 is 0 Å². The van der Waals surface area contributed by atoms with Gasteiger partial charge < -0.3 is 4.57 Å². The molecular weight excluding hydrogens is 663 g/mol. The molecule has 0 N–H and O–H groups in total. The molecule has 1 unspecified atom stereocenters. The standard InChI is InChI=1S/C54H35N/c1-2-12-35-29-38(23-21-34(35)11-1)50-32-39-24-22-36(30-49(39)44-16-6-7-17-45(44)50)37-25-28-54-52(31-37)48-19-9-10-20-53(48)55(54)40-26-27-47-43-15-4-3-13-41(43)42-14-5-8-18-46(42)51(47)33-40/h1-31,33,50H,32H2. The van der Waals surface area contributed by atoms with Crippen molar-refractivity contribution in [2.24, 2.45) is 0 Å². The minimum Gasteiger partial charge on any atom is -0.309 e. The molecule has 1 nitrogen and oxygen atoms in total. The molecule has 0 radical (unpaired) electrons. The molecule has 1 aromatic heterocycles. The molecule has 0 aliphatic heterocycles. The van der Waals surface area contributed by atoms with Crippen molar-refractivity contribution in [1.29, 1.82) is 0 Å². The van der Waals surface area contributed by atoms with Gasteiger partial charge in [-0.1, -0.05) is 158 Å². The Hall–Kier alpha value is -6.96. The van der Waals surface area contributed by atoms with Crippen LogP contribution >= 0.6 is 0 Å². The lowest BCUT2D eigenvalue weighted by Crippen LogP contribution is -2.12. The largest absolute Gasteiger partial charge is 0.309 e. The van der Waals surface area contributed by atoms with E-state index in [9.17, 15) is 0 Å². The first-order valence-corrected chi connectivity index (χ1v) is 19.3. The van der Waals surface area contributed by atoms with Crippen molar-refractivity contribution in [3.8, 4) is 27.9 Å². The maximum Gasteiger partial charge on any atom is 0.0541 e. The minimum absolute atomic E-state index is 0.327. The second-order valence-corrected chi connectivity index (χ2v) is 15.2. The van der Waals surface area contributed by atoms with E-state index < -0.39 is 0 Å². The van der Waals surface area contributed by atoms with E-state index >= 15 is 0 Å². The molecule has 1 aliphatic carbocycles. The topological polar surface area (TPSA) is 4.93 Å². The van der Waals surface area contributed by atoms with E-state index in [1.807, 2.05) is 0 Å². The van der Waals surface area contributed by atoms with Crippen molar-refractivity contribution in [1.82, 2.24) is 4.57 Å². The Labute approximate surface area is 319 Å². The second-order valence-electron chi connectivity index (χ2n) is 15.2. The van der Waals surface area contributed by atoms with Crippen LogP contribution in [0.25, 0.3) is 92.8 Å². The summed E-state index contributed by atoms with van der Waals surface area (Å²) < 4.78 is 2.45. The van der Waals surface area contributed by atoms with E-state index in [0.717, 1.165) is 6.42 Å². The van der Waals surface area contributed by atoms with Crippen LogP contribution in [0.5, 0.6) is 0 Å². The highest BCUT2D eigenvalue weighted by molar-refractivity contribution is 6.25. The van der Waals surface area contributed by atoms with Gasteiger partial charge in [-0.2, -0.15) is 0 Å². The number of aromatic nitrogens is 1. The van der Waals surface area contributed by atoms with E-state index in [-0.39, 0.29) is 0 Å². The van der Waals surface area contributed by atoms with Crippen molar-refractivity contribution in [2.45, 2.75) is 12.3 Å². The SMILES string of the molecule is c1ccc2c(c1)-c1cc(-c3ccc4c(c3)c3ccccc3n4-c3ccc4c5ccccc5c5ccccc5c4c3)ccc1CC2c1ccc2ccccc2c1. The van der Waals surface area contributed by atoms with Crippen molar-refractivity contribution in [2.75, 3.05) is 0 Å². The molecule has 0 saturated heterocycles. The van der Waals surface area contributed by atoms with Crippen LogP contribution in [0.3, 0.4) is 0 Å². The molecule has 0 saturated carbocycles. The average Bonchev–Trinajstić information content (AvgIpc) is 3.59. The zero-order chi connectivity index (χ0) is 36.0. The average molecular weight is 698 g/mol. The number of hydrogen-bond acceptors (Lipinski definition) is 0. The Kier molecular flexibility index (Phi) is 6.53. The van der Waals surface area contributed by atoms with Gasteiger partial charge in [0.2, 0.25) is 0 Å². The Morgan fingerprint density at radius 3 is 1.80 bits per heavy atom. The summed E-state index contributed by atoms with van der Waals surface area (Å²) in [6, 6.07) is 72.5. The van der Waals surface area contributed by atoms with Gasteiger partial charge in [0.15, 0.2) is 0 Å². The molecule has 0 amide bonds. The number of para-hydroxylation sites is 1. The lowest BCUT2D eigenvalue weighted by Gasteiger charge is -2.29. The van der Waals surface area contributed by atoms with Gasteiger partial charge in [0.05, 0.1) is 11.0 Å².